The van der Waals surface area contributed by atoms with Gasteiger partial charge in [0.05, 0.1) is 31.5 Å². The summed E-state index contributed by atoms with van der Waals surface area (Å²) in [6.07, 6.45) is 2.59. The number of carbonyl (C=O) groups excluding carboxylic acids is 1. The van der Waals surface area contributed by atoms with E-state index in [2.05, 4.69) is 4.74 Å². The van der Waals surface area contributed by atoms with Crippen LogP contribution in [0.1, 0.15) is 33.1 Å². The molecule has 1 heterocycles. The van der Waals surface area contributed by atoms with E-state index in [9.17, 15) is 9.00 Å². The lowest BCUT2D eigenvalue weighted by molar-refractivity contribution is -0.140. The van der Waals surface area contributed by atoms with Gasteiger partial charge < -0.3 is 9.47 Å². The molecule has 0 aromatic carbocycles. The molecule has 0 aromatic rings. The van der Waals surface area contributed by atoms with Gasteiger partial charge in [0.15, 0.2) is 0 Å². The average Bonchev–Trinajstić information content (AvgIpc) is 2.63. The quantitative estimate of drug-likeness (QED) is 0.687. The van der Waals surface area contributed by atoms with Crippen molar-refractivity contribution >= 4 is 16.8 Å². The van der Waals surface area contributed by atoms with Crippen LogP contribution in [0.2, 0.25) is 0 Å². The molecule has 1 rings (SSSR count). The third-order valence-corrected chi connectivity index (χ3v) is 4.57. The Balaban J connectivity index is 2.31. The van der Waals surface area contributed by atoms with Crippen LogP contribution in [-0.4, -0.2) is 40.5 Å². The van der Waals surface area contributed by atoms with Gasteiger partial charge in [0, 0.05) is 16.0 Å². The molecule has 5 heteroatoms. The molecule has 0 radical (unpaired) electrons. The summed E-state index contributed by atoms with van der Waals surface area (Å²) in [5.41, 5.74) is 0. The van der Waals surface area contributed by atoms with Crippen molar-refractivity contribution in [2.24, 2.45) is 0 Å². The summed E-state index contributed by atoms with van der Waals surface area (Å²) >= 11 is 0. The molecular weight excluding hydrogens is 228 g/mol. The topological polar surface area (TPSA) is 52.6 Å². The molecule has 4 unspecified atom stereocenters. The molecule has 16 heavy (non-hydrogen) atoms. The SMILES string of the molecule is COC(=O)CC(C)S(=O)CC1CCC(C)O1. The van der Waals surface area contributed by atoms with Crippen molar-refractivity contribution in [1.29, 1.82) is 0 Å². The summed E-state index contributed by atoms with van der Waals surface area (Å²) in [6, 6.07) is 0. The summed E-state index contributed by atoms with van der Waals surface area (Å²) in [6.45, 7) is 3.84. The van der Waals surface area contributed by atoms with Gasteiger partial charge in [-0.25, -0.2) is 0 Å². The highest BCUT2D eigenvalue weighted by Crippen LogP contribution is 2.20. The zero-order valence-electron chi connectivity index (χ0n) is 10.1. The second-order valence-corrected chi connectivity index (χ2v) is 6.18. The maximum absolute atomic E-state index is 11.9. The zero-order chi connectivity index (χ0) is 12.1. The van der Waals surface area contributed by atoms with Crippen LogP contribution in [0.25, 0.3) is 0 Å². The Kier molecular flexibility index (Phi) is 5.41. The summed E-state index contributed by atoms with van der Waals surface area (Å²) in [5, 5.41) is -0.160. The molecule has 4 atom stereocenters. The highest BCUT2D eigenvalue weighted by Gasteiger charge is 2.26. The van der Waals surface area contributed by atoms with Crippen LogP contribution >= 0.6 is 0 Å². The second-order valence-electron chi connectivity index (χ2n) is 4.28. The van der Waals surface area contributed by atoms with Crippen LogP contribution < -0.4 is 0 Å². The maximum Gasteiger partial charge on any atom is 0.306 e. The molecule has 0 bridgehead atoms. The lowest BCUT2D eigenvalue weighted by Crippen LogP contribution is -2.25. The smallest absolute Gasteiger partial charge is 0.306 e. The highest BCUT2D eigenvalue weighted by atomic mass is 32.2. The van der Waals surface area contributed by atoms with Crippen LogP contribution in [-0.2, 0) is 25.1 Å². The van der Waals surface area contributed by atoms with Crippen LogP contribution in [0.5, 0.6) is 0 Å². The Bertz CT molecular complexity index is 267. The summed E-state index contributed by atoms with van der Waals surface area (Å²) < 4.78 is 22.0. The van der Waals surface area contributed by atoms with E-state index in [4.69, 9.17) is 4.74 Å². The Morgan fingerprint density at radius 3 is 2.75 bits per heavy atom. The van der Waals surface area contributed by atoms with Gasteiger partial charge in [-0.3, -0.25) is 9.00 Å². The minimum absolute atomic E-state index is 0.0935. The predicted octanol–water partition coefficient (Wildman–Crippen LogP) is 1.25. The van der Waals surface area contributed by atoms with Crippen LogP contribution in [0.4, 0.5) is 0 Å². The Morgan fingerprint density at radius 1 is 1.56 bits per heavy atom. The van der Waals surface area contributed by atoms with E-state index in [1.165, 1.54) is 7.11 Å². The summed E-state index contributed by atoms with van der Waals surface area (Å²) in [7, 11) is 0.329. The molecule has 0 aromatic heterocycles. The predicted molar refractivity (Wildman–Crippen MR) is 62.7 cm³/mol. The molecule has 0 aliphatic carbocycles. The number of ether oxygens (including phenoxy) is 2. The van der Waals surface area contributed by atoms with E-state index in [0.717, 1.165) is 12.8 Å². The van der Waals surface area contributed by atoms with Crippen molar-refractivity contribution in [2.45, 2.75) is 50.6 Å². The fourth-order valence-corrected chi connectivity index (χ4v) is 3.03. The lowest BCUT2D eigenvalue weighted by Gasteiger charge is -2.14. The number of esters is 1. The van der Waals surface area contributed by atoms with Gasteiger partial charge in [-0.15, -0.1) is 0 Å². The maximum atomic E-state index is 11.9. The third kappa shape index (κ3) is 4.22. The van der Waals surface area contributed by atoms with Crippen molar-refractivity contribution in [3.8, 4) is 0 Å². The number of carbonyl (C=O) groups is 1. The molecule has 4 nitrogen and oxygen atoms in total. The normalized spacial score (nSPS) is 28.7. The van der Waals surface area contributed by atoms with E-state index in [0.29, 0.717) is 5.75 Å². The van der Waals surface area contributed by atoms with Gasteiger partial charge >= 0.3 is 5.97 Å². The minimum Gasteiger partial charge on any atom is -0.469 e. The minimum atomic E-state index is -1.02. The summed E-state index contributed by atoms with van der Waals surface area (Å²) in [4.78, 5) is 11.0. The van der Waals surface area contributed by atoms with Gasteiger partial charge in [-0.05, 0) is 19.8 Å². The zero-order valence-corrected chi connectivity index (χ0v) is 10.9. The largest absolute Gasteiger partial charge is 0.469 e. The van der Waals surface area contributed by atoms with Gasteiger partial charge in [0.1, 0.15) is 0 Å². The van der Waals surface area contributed by atoms with Crippen molar-refractivity contribution in [1.82, 2.24) is 0 Å². The van der Waals surface area contributed by atoms with E-state index in [-0.39, 0.29) is 29.8 Å². The second kappa shape index (κ2) is 6.35. The lowest BCUT2D eigenvalue weighted by atomic mass is 10.2. The third-order valence-electron chi connectivity index (χ3n) is 2.80. The van der Waals surface area contributed by atoms with Crippen molar-refractivity contribution in [3.63, 3.8) is 0 Å². The van der Waals surface area contributed by atoms with Gasteiger partial charge in [-0.1, -0.05) is 6.92 Å². The van der Waals surface area contributed by atoms with Crippen molar-refractivity contribution in [3.05, 3.63) is 0 Å². The Morgan fingerprint density at radius 2 is 2.25 bits per heavy atom. The first-order valence-corrected chi connectivity index (χ1v) is 7.00. The van der Waals surface area contributed by atoms with Crippen LogP contribution in [0, 0.1) is 0 Å². The number of methoxy groups -OCH3 is 1. The fraction of sp³-hybridized carbons (Fsp3) is 0.909. The molecule has 1 fully saturated rings. The van der Waals surface area contributed by atoms with E-state index >= 15 is 0 Å². The molecule has 1 aliphatic heterocycles. The first kappa shape index (κ1) is 13.6. The van der Waals surface area contributed by atoms with Crippen LogP contribution in [0.15, 0.2) is 0 Å². The fourth-order valence-electron chi connectivity index (χ4n) is 1.77. The van der Waals surface area contributed by atoms with Crippen LogP contribution in [0.3, 0.4) is 0 Å². The van der Waals surface area contributed by atoms with E-state index in [1.807, 2.05) is 13.8 Å². The molecule has 0 saturated carbocycles. The molecule has 94 valence electrons. The number of rotatable bonds is 5. The Hall–Kier alpha value is -0.420. The molecule has 0 amide bonds. The molecule has 1 saturated heterocycles. The van der Waals surface area contributed by atoms with Gasteiger partial charge in [-0.2, -0.15) is 0 Å². The van der Waals surface area contributed by atoms with Gasteiger partial charge in [0.2, 0.25) is 0 Å². The van der Waals surface area contributed by atoms with Crippen molar-refractivity contribution < 1.29 is 18.5 Å². The molecular formula is C11H20O4S. The molecule has 1 aliphatic rings. The Labute approximate surface area is 99.1 Å². The summed E-state index contributed by atoms with van der Waals surface area (Å²) in [5.74, 6) is 0.226. The highest BCUT2D eigenvalue weighted by molar-refractivity contribution is 7.85. The standard InChI is InChI=1S/C11H20O4S/c1-8-4-5-10(15-8)7-16(13)9(2)6-11(12)14-3/h8-10H,4-7H2,1-3H3. The molecule has 0 spiro atoms. The van der Waals surface area contributed by atoms with Crippen molar-refractivity contribution in [2.75, 3.05) is 12.9 Å². The number of hydrogen-bond donors (Lipinski definition) is 0. The van der Waals surface area contributed by atoms with Gasteiger partial charge in [0.25, 0.3) is 0 Å². The monoisotopic (exact) mass is 248 g/mol. The molecule has 0 N–H and O–H groups in total. The first-order valence-electron chi connectivity index (χ1n) is 5.62. The van der Waals surface area contributed by atoms with E-state index in [1.54, 1.807) is 0 Å². The first-order chi connectivity index (χ1) is 7.52. The van der Waals surface area contributed by atoms with E-state index < -0.39 is 10.8 Å². The number of hydrogen-bond acceptors (Lipinski definition) is 4. The average molecular weight is 248 g/mol.